The molecule has 2 atom stereocenters. The first-order valence-corrected chi connectivity index (χ1v) is 12.6. The van der Waals surface area contributed by atoms with Crippen LogP contribution < -0.4 is 5.32 Å². The van der Waals surface area contributed by atoms with Crippen molar-refractivity contribution in [2.75, 3.05) is 31.6 Å². The van der Waals surface area contributed by atoms with Gasteiger partial charge in [-0.3, -0.25) is 10.00 Å². The van der Waals surface area contributed by atoms with Crippen LogP contribution in [-0.2, 0) is 11.2 Å². The summed E-state index contributed by atoms with van der Waals surface area (Å²) in [7, 11) is 0. The number of ether oxygens (including phenoxy) is 1. The Bertz CT molecular complexity index is 1420. The Morgan fingerprint density at radius 2 is 1.92 bits per heavy atom. The normalized spacial score (nSPS) is 18.9. The molecule has 7 heteroatoms. The molecule has 1 aromatic heterocycles. The summed E-state index contributed by atoms with van der Waals surface area (Å²) >= 11 is 0. The number of hydrogen-bond acceptors (Lipinski definition) is 6. The Hall–Kier alpha value is -3.70. The average molecular weight is 480 g/mol. The average Bonchev–Trinajstić information content (AvgIpc) is 3.36. The Morgan fingerprint density at radius 1 is 1.08 bits per heavy atom. The fourth-order valence-corrected chi connectivity index (χ4v) is 5.40. The molecule has 0 radical (unpaired) electrons. The molecule has 182 valence electrons. The smallest absolute Gasteiger partial charge is 0.133 e. The Labute approximate surface area is 210 Å². The third-order valence-corrected chi connectivity index (χ3v) is 7.36. The molecule has 1 fully saturated rings. The summed E-state index contributed by atoms with van der Waals surface area (Å²) in [5.41, 5.74) is 8.07. The van der Waals surface area contributed by atoms with Gasteiger partial charge in [0.05, 0.1) is 42.1 Å². The van der Waals surface area contributed by atoms with Gasteiger partial charge in [-0.05, 0) is 66.3 Å². The quantitative estimate of drug-likeness (QED) is 0.376. The van der Waals surface area contributed by atoms with E-state index in [0.29, 0.717) is 13.2 Å². The third kappa shape index (κ3) is 4.35. The van der Waals surface area contributed by atoms with E-state index in [1.54, 1.807) is 0 Å². The fraction of sp³-hybridized carbons (Fsp3) is 0.310. The van der Waals surface area contributed by atoms with E-state index in [0.717, 1.165) is 71.3 Å². The number of aromatic nitrogens is 2. The minimum Gasteiger partial charge on any atom is -0.379 e. The van der Waals surface area contributed by atoms with Crippen molar-refractivity contribution in [3.63, 3.8) is 0 Å². The summed E-state index contributed by atoms with van der Waals surface area (Å²) < 4.78 is 5.40. The molecule has 2 aliphatic rings. The van der Waals surface area contributed by atoms with Gasteiger partial charge in [-0.2, -0.15) is 10.4 Å². The Balaban J connectivity index is 1.25. The van der Waals surface area contributed by atoms with Gasteiger partial charge in [0.25, 0.3) is 0 Å². The number of H-pyrrole nitrogens is 1. The van der Waals surface area contributed by atoms with Crippen LogP contribution >= 0.6 is 0 Å². The first-order chi connectivity index (χ1) is 17.7. The number of nitrogens with one attached hydrogen (secondary N) is 2. The van der Waals surface area contributed by atoms with Gasteiger partial charge >= 0.3 is 0 Å². The highest BCUT2D eigenvalue weighted by Gasteiger charge is 2.22. The minimum absolute atomic E-state index is 0.218. The Kier molecular flexibility index (Phi) is 6.16. The number of nitriles is 1. The summed E-state index contributed by atoms with van der Waals surface area (Å²) in [6.45, 7) is 2.76. The summed E-state index contributed by atoms with van der Waals surface area (Å²) in [6.07, 6.45) is 2.55. The van der Waals surface area contributed by atoms with Gasteiger partial charge < -0.3 is 15.2 Å². The molecule has 0 amide bonds. The van der Waals surface area contributed by atoms with Gasteiger partial charge in [-0.15, -0.1) is 0 Å². The number of rotatable bonds is 5. The molecule has 0 saturated carbocycles. The van der Waals surface area contributed by atoms with Gasteiger partial charge in [0.1, 0.15) is 6.23 Å². The van der Waals surface area contributed by atoms with Crippen LogP contribution in [0.15, 0.2) is 60.7 Å². The molecule has 1 aliphatic heterocycles. The highest BCUT2D eigenvalue weighted by molar-refractivity contribution is 5.95. The number of aryl methyl sites for hydroxylation is 1. The second-order valence-electron chi connectivity index (χ2n) is 9.59. The van der Waals surface area contributed by atoms with Crippen LogP contribution in [0.25, 0.3) is 22.2 Å². The fourth-order valence-electron chi connectivity index (χ4n) is 5.40. The van der Waals surface area contributed by atoms with Crippen molar-refractivity contribution in [2.24, 2.45) is 0 Å². The number of hydrogen-bond donors (Lipinski definition) is 3. The van der Waals surface area contributed by atoms with E-state index >= 15 is 0 Å². The predicted molar refractivity (Wildman–Crippen MR) is 139 cm³/mol. The predicted octanol–water partition coefficient (Wildman–Crippen LogP) is 4.91. The first kappa shape index (κ1) is 22.7. The number of fused-ring (bicyclic) bond motifs is 2. The molecule has 36 heavy (non-hydrogen) atoms. The molecular formula is C29H29N5O2. The molecule has 0 spiro atoms. The summed E-state index contributed by atoms with van der Waals surface area (Å²) in [5, 5.41) is 32.5. The molecule has 3 N–H and O–H groups in total. The number of aliphatic hydroxyl groups excluding tert-OH is 1. The van der Waals surface area contributed by atoms with Crippen LogP contribution in [0.2, 0.25) is 0 Å². The lowest BCUT2D eigenvalue weighted by atomic mass is 9.86. The van der Waals surface area contributed by atoms with E-state index in [2.05, 4.69) is 45.8 Å². The van der Waals surface area contributed by atoms with E-state index in [-0.39, 0.29) is 6.04 Å². The lowest BCUT2D eigenvalue weighted by Gasteiger charge is -2.31. The maximum absolute atomic E-state index is 10.8. The number of benzene rings is 3. The number of morpholine rings is 1. The van der Waals surface area contributed by atoms with E-state index in [4.69, 9.17) is 4.74 Å². The maximum atomic E-state index is 10.8. The molecule has 1 saturated heterocycles. The molecule has 6 rings (SSSR count). The van der Waals surface area contributed by atoms with Crippen LogP contribution in [-0.4, -0.2) is 46.5 Å². The van der Waals surface area contributed by atoms with Crippen molar-refractivity contribution < 1.29 is 9.84 Å². The molecule has 0 bridgehead atoms. The van der Waals surface area contributed by atoms with Gasteiger partial charge in [-0.1, -0.05) is 30.3 Å². The monoisotopic (exact) mass is 479 g/mol. The number of nitrogens with zero attached hydrogens (tertiary/aromatic N) is 3. The minimum atomic E-state index is -0.628. The molecule has 4 aromatic rings. The highest BCUT2D eigenvalue weighted by Crippen LogP contribution is 2.35. The van der Waals surface area contributed by atoms with Crippen molar-refractivity contribution in [1.82, 2.24) is 15.1 Å². The van der Waals surface area contributed by atoms with Crippen molar-refractivity contribution >= 4 is 16.6 Å². The lowest BCUT2D eigenvalue weighted by Crippen LogP contribution is -2.38. The topological polar surface area (TPSA) is 97.2 Å². The van der Waals surface area contributed by atoms with E-state index < -0.39 is 6.23 Å². The van der Waals surface area contributed by atoms with Crippen LogP contribution in [0, 0.1) is 11.3 Å². The standard InChI is InChI=1S/C29H29N5O2/c30-18-19-4-10-24-22(16-19)2-1-3-26(24)31-23-9-11-27-25(17-23)28(33-32-27)20-5-7-21(8-6-20)29(35)34-12-14-36-15-13-34/h4-11,16-17,26,29,31,35H,1-3,12-15H2,(H,32,33)/t26-,29?/m0/s1. The molecule has 1 aliphatic carbocycles. The molecular weight excluding hydrogens is 450 g/mol. The SMILES string of the molecule is N#Cc1ccc2c(c1)CCC[C@@H]2Nc1ccc2[nH]nc(-c3ccc(C(O)N4CCOCC4)cc3)c2c1. The number of anilines is 1. The van der Waals surface area contributed by atoms with Crippen molar-refractivity contribution in [3.8, 4) is 17.3 Å². The largest absolute Gasteiger partial charge is 0.379 e. The van der Waals surface area contributed by atoms with Crippen molar-refractivity contribution in [3.05, 3.63) is 82.9 Å². The Morgan fingerprint density at radius 3 is 2.72 bits per heavy atom. The van der Waals surface area contributed by atoms with Crippen LogP contribution in [0.5, 0.6) is 0 Å². The summed E-state index contributed by atoms with van der Waals surface area (Å²) in [4.78, 5) is 2.03. The van der Waals surface area contributed by atoms with Gasteiger partial charge in [-0.25, -0.2) is 0 Å². The zero-order valence-corrected chi connectivity index (χ0v) is 20.1. The summed E-state index contributed by atoms with van der Waals surface area (Å²) in [5.74, 6) is 0. The number of aromatic amines is 1. The molecule has 2 heterocycles. The highest BCUT2D eigenvalue weighted by atomic mass is 16.5. The van der Waals surface area contributed by atoms with Gasteiger partial charge in [0, 0.05) is 29.7 Å². The zero-order chi connectivity index (χ0) is 24.5. The van der Waals surface area contributed by atoms with Crippen LogP contribution in [0.1, 0.15) is 47.4 Å². The molecule has 3 aromatic carbocycles. The first-order valence-electron chi connectivity index (χ1n) is 12.6. The van der Waals surface area contributed by atoms with Crippen molar-refractivity contribution in [1.29, 1.82) is 5.26 Å². The zero-order valence-electron chi connectivity index (χ0n) is 20.1. The van der Waals surface area contributed by atoms with Crippen LogP contribution in [0.3, 0.4) is 0 Å². The van der Waals surface area contributed by atoms with Gasteiger partial charge in [0.15, 0.2) is 0 Å². The summed E-state index contributed by atoms with van der Waals surface area (Å²) in [6, 6.07) is 22.8. The third-order valence-electron chi connectivity index (χ3n) is 7.36. The lowest BCUT2D eigenvalue weighted by molar-refractivity contribution is -0.0603. The van der Waals surface area contributed by atoms with Crippen molar-refractivity contribution in [2.45, 2.75) is 31.5 Å². The number of aliphatic hydroxyl groups is 1. The van der Waals surface area contributed by atoms with E-state index in [1.807, 2.05) is 41.3 Å². The van der Waals surface area contributed by atoms with E-state index in [1.165, 1.54) is 11.1 Å². The second-order valence-corrected chi connectivity index (χ2v) is 9.59. The molecule has 7 nitrogen and oxygen atoms in total. The molecule has 1 unspecified atom stereocenters. The van der Waals surface area contributed by atoms with Crippen LogP contribution in [0.4, 0.5) is 5.69 Å². The second kappa shape index (κ2) is 9.75. The van der Waals surface area contributed by atoms with E-state index in [9.17, 15) is 10.4 Å². The van der Waals surface area contributed by atoms with Gasteiger partial charge in [0.2, 0.25) is 0 Å². The maximum Gasteiger partial charge on any atom is 0.133 e.